The number of aliphatic carboxylic acids is 1. The molecule has 0 fully saturated rings. The van der Waals surface area contributed by atoms with Crippen molar-refractivity contribution in [1.82, 2.24) is 82.0 Å². The first-order valence-electron chi connectivity index (χ1n) is 26.4. The van der Waals surface area contributed by atoms with Crippen LogP contribution in [0.25, 0.3) is 23.0 Å². The SMILES string of the molecule is C.CC(=O)Nc1ccc(-c2nnc(-c3ccccn3)nn2)nc1.CC(=O)Nc1ccc(C2=NNC(c3ccccn3)=NN2)nc1.CC(=O)O.CC(=O)OC(C)=O.N#Cc1ccc(N)cn1.N#Cc1ccccn1.Nc1ccc(C2=NNC(c3ccccn3)=NN2)nc1.O=N[O-].[Na+]. The number of hydrogen-bond acceptors (Lipinski definition) is 33. The van der Waals surface area contributed by atoms with E-state index in [4.69, 9.17) is 42.0 Å². The van der Waals surface area contributed by atoms with Gasteiger partial charge in [-0.3, -0.25) is 75.6 Å². The summed E-state index contributed by atoms with van der Waals surface area (Å²) in [5, 5.41) is 70.9. The van der Waals surface area contributed by atoms with Gasteiger partial charge in [0.25, 0.3) is 5.97 Å². The van der Waals surface area contributed by atoms with Crippen molar-refractivity contribution >= 4 is 75.8 Å². The van der Waals surface area contributed by atoms with E-state index >= 15 is 0 Å². The van der Waals surface area contributed by atoms with E-state index in [-0.39, 0.29) is 48.8 Å². The molecule has 11 rings (SSSR count). The molecule has 0 saturated heterocycles. The molecule has 2 aliphatic rings. The molecule has 37 heteroatoms. The van der Waals surface area contributed by atoms with Gasteiger partial charge in [0.05, 0.1) is 47.5 Å². The number of pyridine rings is 8. The number of nitriles is 2. The Morgan fingerprint density at radius 3 is 1.04 bits per heavy atom. The Balaban J connectivity index is 0.000000400. The summed E-state index contributed by atoms with van der Waals surface area (Å²) in [6, 6.07) is 39.2. The Morgan fingerprint density at radius 1 is 0.469 bits per heavy atom. The van der Waals surface area contributed by atoms with Gasteiger partial charge >= 0.3 is 41.5 Å². The third-order valence-electron chi connectivity index (χ3n) is 9.92. The van der Waals surface area contributed by atoms with E-state index in [0.717, 1.165) is 12.3 Å². The molecule has 96 heavy (non-hydrogen) atoms. The van der Waals surface area contributed by atoms with E-state index in [0.29, 0.717) is 103 Å². The van der Waals surface area contributed by atoms with Crippen LogP contribution in [0.15, 0.2) is 197 Å². The number of esters is 2. The van der Waals surface area contributed by atoms with Gasteiger partial charge in [-0.1, -0.05) is 31.7 Å². The fourth-order valence-corrected chi connectivity index (χ4v) is 6.19. The van der Waals surface area contributed by atoms with Crippen molar-refractivity contribution in [3.8, 4) is 35.2 Å². The molecule has 484 valence electrons. The molecule has 0 aromatic carbocycles. The van der Waals surface area contributed by atoms with Crippen LogP contribution in [0.3, 0.4) is 0 Å². The summed E-state index contributed by atoms with van der Waals surface area (Å²) in [7, 11) is 0. The van der Waals surface area contributed by atoms with Gasteiger partial charge in [-0.25, -0.2) is 9.97 Å². The normalized spacial score (nSPS) is 10.5. The van der Waals surface area contributed by atoms with Crippen LogP contribution in [0, 0.1) is 32.8 Å². The average molecular weight is 1310 g/mol. The summed E-state index contributed by atoms with van der Waals surface area (Å²) in [6.07, 6.45) is 12.7. The Labute approximate surface area is 568 Å². The van der Waals surface area contributed by atoms with E-state index in [1.54, 1.807) is 116 Å². The first-order chi connectivity index (χ1) is 45.3. The van der Waals surface area contributed by atoms with E-state index in [1.807, 2.05) is 54.6 Å². The number of nitrogens with one attached hydrogen (secondary N) is 6. The molecule has 0 radical (unpaired) electrons. The van der Waals surface area contributed by atoms with Crippen LogP contribution >= 0.6 is 0 Å². The largest absolute Gasteiger partial charge is 1.00 e. The standard InChI is InChI=1S/C14H13N7O.C14H11N7O.C12H11N7.C6H5N3.C6H4N2.C4H6O3.C2H4O2.CH4.HNO2.Na/c2*1-9(22)17-10-5-6-12(16-8-10)14-20-18-13(19-21-14)11-4-2-3-7-15-11;13-8-4-5-10(15-7-8)12-18-16-11(17-19-12)9-3-1-2-6-14-9;7-3-6-2-1-5(8)4-9-6;7-5-6-3-1-2-4-8-6;1-3(5)7-4(2)6;1-2(3)4;;2-1-3;/h2-8H,1H3,(H,17,22)(H,18,19)(H,20,21);2-8H,1H3,(H,17,22);1-7H,13H2,(H,16,17)(H,18,19);1-2,4H,8H2;1-4H;1-2H3;1H3,(H,3,4);1H4;(H,2,3);/q;;;;;;;;;+1/p-1. The Morgan fingerprint density at radius 2 is 0.781 bits per heavy atom. The smallest absolute Gasteiger partial charge is 0.481 e. The van der Waals surface area contributed by atoms with Gasteiger partial charge in [-0.15, -0.1) is 25.7 Å². The number of nitrogens with zero attached hydrogens (tertiary/aromatic N) is 19. The Hall–Kier alpha value is -13.5. The number of amides is 2. The third kappa shape index (κ3) is 30.8. The van der Waals surface area contributed by atoms with Crippen molar-refractivity contribution in [2.75, 3.05) is 22.1 Å². The minimum Gasteiger partial charge on any atom is -0.481 e. The van der Waals surface area contributed by atoms with Crippen molar-refractivity contribution in [3.05, 3.63) is 215 Å². The van der Waals surface area contributed by atoms with Crippen molar-refractivity contribution in [1.29, 1.82) is 10.5 Å². The average Bonchev–Trinajstić information content (AvgIpc) is 0.900. The van der Waals surface area contributed by atoms with Crippen LogP contribution in [0.4, 0.5) is 22.7 Å². The zero-order valence-corrected chi connectivity index (χ0v) is 53.0. The van der Waals surface area contributed by atoms with Crippen molar-refractivity contribution in [3.63, 3.8) is 0 Å². The second kappa shape index (κ2) is 44.1. The zero-order chi connectivity index (χ0) is 68.5. The van der Waals surface area contributed by atoms with Crippen LogP contribution in [-0.2, 0) is 28.7 Å². The summed E-state index contributed by atoms with van der Waals surface area (Å²) in [5.41, 5.74) is 29.3. The number of hydrazone groups is 4. The minimum absolute atomic E-state index is 0. The number of aromatic nitrogens is 12. The second-order valence-corrected chi connectivity index (χ2v) is 17.3. The topological polar surface area (TPSA) is 543 Å². The molecule has 0 aliphatic carbocycles. The predicted octanol–water partition coefficient (Wildman–Crippen LogP) is 1.84. The number of carbonyl (C=O) groups excluding carboxylic acids is 4. The van der Waals surface area contributed by atoms with Crippen molar-refractivity contribution in [2.24, 2.45) is 25.7 Å². The number of hydrogen-bond donors (Lipinski definition) is 9. The molecule has 0 unspecified atom stereocenters. The number of carboxylic acid groups (broad SMARTS) is 1. The minimum atomic E-state index is -0.833. The molecule has 0 bridgehead atoms. The first-order valence-corrected chi connectivity index (χ1v) is 26.4. The van der Waals surface area contributed by atoms with Crippen LogP contribution in [0.1, 0.15) is 76.2 Å². The van der Waals surface area contributed by atoms with E-state index in [9.17, 15) is 19.2 Å². The Bertz CT molecular complexity index is 4080. The van der Waals surface area contributed by atoms with Gasteiger partial charge in [-0.2, -0.15) is 30.9 Å². The fraction of sp³-hybridized carbons (Fsp3) is 0.102. The molecule has 0 saturated carbocycles. The Kier molecular flexibility index (Phi) is 36.1. The summed E-state index contributed by atoms with van der Waals surface area (Å²) in [5.74, 6) is 0.476. The maximum atomic E-state index is 11.0. The van der Waals surface area contributed by atoms with Crippen LogP contribution in [-0.4, -0.2) is 118 Å². The zero-order valence-electron chi connectivity index (χ0n) is 51.0. The number of rotatable bonds is 8. The molecule has 0 atom stereocenters. The first kappa shape index (κ1) is 78.6. The fourth-order valence-electron chi connectivity index (χ4n) is 6.19. The van der Waals surface area contributed by atoms with Gasteiger partial charge in [-0.05, 0) is 97.1 Å². The van der Waals surface area contributed by atoms with Crippen LogP contribution < -0.4 is 73.4 Å². The molecular weight excluding hydrogens is 1250 g/mol. The van der Waals surface area contributed by atoms with Crippen LogP contribution in [0.5, 0.6) is 0 Å². The summed E-state index contributed by atoms with van der Waals surface area (Å²) in [4.78, 5) is 91.0. The maximum absolute atomic E-state index is 11.0. The number of ether oxygens (including phenoxy) is 1. The number of anilines is 4. The number of nitrogens with two attached hydrogens (primary N) is 2. The van der Waals surface area contributed by atoms with Gasteiger partial charge in [0.1, 0.15) is 57.7 Å². The summed E-state index contributed by atoms with van der Waals surface area (Å²) >= 11 is 0. The van der Waals surface area contributed by atoms with E-state index in [2.05, 4.69) is 118 Å². The van der Waals surface area contributed by atoms with E-state index in [1.165, 1.54) is 40.1 Å². The summed E-state index contributed by atoms with van der Waals surface area (Å²) < 4.78 is 3.97. The van der Waals surface area contributed by atoms with Gasteiger partial charge in [0.2, 0.25) is 23.5 Å². The molecule has 36 nitrogen and oxygen atoms in total. The van der Waals surface area contributed by atoms with Gasteiger partial charge < -0.3 is 42.1 Å². The molecule has 0 spiro atoms. The number of nitrogen functional groups attached to an aromatic ring is 2. The molecule has 2 amide bonds. The molecule has 9 aromatic rings. The van der Waals surface area contributed by atoms with E-state index < -0.39 is 17.9 Å². The maximum Gasteiger partial charge on any atom is 1.00 e. The molecule has 11 N–H and O–H groups in total. The molecular formula is C59H58N27NaO9. The number of carboxylic acids is 1. The number of carbonyl (C=O) groups is 5. The molecule has 9 aromatic heterocycles. The molecule has 2 aliphatic heterocycles. The third-order valence-corrected chi connectivity index (χ3v) is 9.92. The van der Waals surface area contributed by atoms with Gasteiger partial charge in [0, 0.05) is 59.4 Å². The second-order valence-electron chi connectivity index (χ2n) is 17.3. The quantitative estimate of drug-likeness (QED) is 0.0344. The van der Waals surface area contributed by atoms with Gasteiger partial charge in [0.15, 0.2) is 23.3 Å². The predicted molar refractivity (Wildman–Crippen MR) is 347 cm³/mol. The van der Waals surface area contributed by atoms with Crippen molar-refractivity contribution < 1.29 is 63.4 Å². The number of amidine groups is 4. The van der Waals surface area contributed by atoms with Crippen LogP contribution in [0.2, 0.25) is 0 Å². The molecule has 11 heterocycles. The van der Waals surface area contributed by atoms with Crippen molar-refractivity contribution in [2.45, 2.75) is 42.0 Å². The summed E-state index contributed by atoms with van der Waals surface area (Å²) in [6.45, 7) is 6.32. The monoisotopic (exact) mass is 1310 g/mol.